The Hall–Kier alpha value is -2.78. The molecule has 1 fully saturated rings. The number of hydrogen-bond donors (Lipinski definition) is 2. The second-order valence-corrected chi connectivity index (χ2v) is 10.8. The molecular formula is C24H29FN4O3S. The molecule has 0 unspecified atom stereocenters. The number of aromatic nitrogens is 2. The van der Waals surface area contributed by atoms with Crippen LogP contribution in [0.1, 0.15) is 45.0 Å². The molecule has 0 radical (unpaired) electrons. The zero-order valence-electron chi connectivity index (χ0n) is 18.8. The summed E-state index contributed by atoms with van der Waals surface area (Å²) in [5.41, 5.74) is 1.77. The predicted octanol–water partition coefficient (Wildman–Crippen LogP) is 4.01. The maximum absolute atomic E-state index is 14.1. The Morgan fingerprint density at radius 3 is 2.48 bits per heavy atom. The van der Waals surface area contributed by atoms with Gasteiger partial charge in [-0.25, -0.2) is 17.8 Å². The molecule has 1 saturated heterocycles. The monoisotopic (exact) mass is 472 g/mol. The van der Waals surface area contributed by atoms with Crippen molar-refractivity contribution in [2.75, 3.05) is 13.1 Å². The lowest BCUT2D eigenvalue weighted by Crippen LogP contribution is -2.44. The summed E-state index contributed by atoms with van der Waals surface area (Å²) < 4.78 is 41.0. The van der Waals surface area contributed by atoms with Gasteiger partial charge in [0.2, 0.25) is 15.9 Å². The number of nitrogens with zero attached hydrogens (tertiary/aromatic N) is 2. The zero-order chi connectivity index (χ0) is 23.6. The fourth-order valence-electron chi connectivity index (χ4n) is 4.29. The van der Waals surface area contributed by atoms with Crippen LogP contribution in [-0.2, 0) is 14.8 Å². The van der Waals surface area contributed by atoms with Crippen LogP contribution >= 0.6 is 0 Å². The number of imidazole rings is 1. The van der Waals surface area contributed by atoms with Crippen LogP contribution in [0.5, 0.6) is 0 Å². The van der Waals surface area contributed by atoms with Crippen LogP contribution in [0, 0.1) is 17.7 Å². The highest BCUT2D eigenvalue weighted by Crippen LogP contribution is 2.27. The average Bonchev–Trinajstić information content (AvgIpc) is 3.23. The van der Waals surface area contributed by atoms with Gasteiger partial charge >= 0.3 is 0 Å². The minimum absolute atomic E-state index is 0.107. The van der Waals surface area contributed by atoms with Gasteiger partial charge in [-0.05, 0) is 49.4 Å². The maximum atomic E-state index is 14.1. The van der Waals surface area contributed by atoms with E-state index >= 15 is 0 Å². The number of carbonyl (C=O) groups is 1. The third-order valence-electron chi connectivity index (χ3n) is 6.04. The highest BCUT2D eigenvalue weighted by atomic mass is 32.2. The number of rotatable bonds is 7. The van der Waals surface area contributed by atoms with Crippen molar-refractivity contribution in [1.29, 1.82) is 0 Å². The van der Waals surface area contributed by atoms with Gasteiger partial charge in [-0.2, -0.15) is 4.31 Å². The largest absolute Gasteiger partial charge is 0.346 e. The zero-order valence-corrected chi connectivity index (χ0v) is 19.6. The first kappa shape index (κ1) is 23.4. The summed E-state index contributed by atoms with van der Waals surface area (Å²) in [6.07, 6.45) is 1.49. The molecule has 2 aromatic carbocycles. The first-order valence-electron chi connectivity index (χ1n) is 11.3. The fourth-order valence-corrected chi connectivity index (χ4v) is 5.82. The number of carbonyl (C=O) groups excluding carboxylic acids is 1. The van der Waals surface area contributed by atoms with E-state index in [-0.39, 0.29) is 35.9 Å². The molecule has 0 bridgehead atoms. The lowest BCUT2D eigenvalue weighted by molar-refractivity contribution is -0.127. The normalized spacial score (nSPS) is 16.8. The van der Waals surface area contributed by atoms with E-state index in [4.69, 9.17) is 0 Å². The van der Waals surface area contributed by atoms with Crippen LogP contribution in [0.2, 0.25) is 0 Å². The molecule has 1 atom stereocenters. The summed E-state index contributed by atoms with van der Waals surface area (Å²) in [4.78, 5) is 20.7. The van der Waals surface area contributed by atoms with E-state index in [9.17, 15) is 17.6 Å². The van der Waals surface area contributed by atoms with Crippen molar-refractivity contribution < 1.29 is 17.6 Å². The molecule has 4 rings (SSSR count). The summed E-state index contributed by atoms with van der Waals surface area (Å²) >= 11 is 0. The highest BCUT2D eigenvalue weighted by Gasteiger charge is 2.34. The van der Waals surface area contributed by atoms with Crippen molar-refractivity contribution in [3.8, 4) is 0 Å². The molecule has 0 spiro atoms. The minimum Gasteiger partial charge on any atom is -0.346 e. The first-order valence-corrected chi connectivity index (χ1v) is 12.7. The molecule has 33 heavy (non-hydrogen) atoms. The minimum atomic E-state index is -3.93. The quantitative estimate of drug-likeness (QED) is 0.543. The van der Waals surface area contributed by atoms with Gasteiger partial charge in [-0.15, -0.1) is 0 Å². The van der Waals surface area contributed by atoms with Gasteiger partial charge in [-0.1, -0.05) is 38.1 Å². The summed E-state index contributed by atoms with van der Waals surface area (Å²) in [5.74, 6) is -0.117. The van der Waals surface area contributed by atoms with E-state index in [1.54, 1.807) is 0 Å². The number of hydrogen-bond acceptors (Lipinski definition) is 4. The summed E-state index contributed by atoms with van der Waals surface area (Å²) in [5, 5.41) is 3.13. The number of amides is 1. The molecule has 7 nitrogen and oxygen atoms in total. The second kappa shape index (κ2) is 9.61. The average molecular weight is 473 g/mol. The van der Waals surface area contributed by atoms with Gasteiger partial charge in [-0.3, -0.25) is 4.79 Å². The lowest BCUT2D eigenvalue weighted by Gasteiger charge is -2.31. The van der Waals surface area contributed by atoms with Gasteiger partial charge in [0.1, 0.15) is 16.5 Å². The number of aromatic amines is 1. The van der Waals surface area contributed by atoms with Crippen molar-refractivity contribution >= 4 is 27.0 Å². The van der Waals surface area contributed by atoms with Crippen LogP contribution < -0.4 is 5.32 Å². The van der Waals surface area contributed by atoms with Crippen LogP contribution in [-0.4, -0.2) is 41.7 Å². The number of benzene rings is 2. The number of sulfonamides is 1. The molecule has 1 aromatic heterocycles. The number of para-hydroxylation sites is 2. The molecule has 1 aliphatic heterocycles. The van der Waals surface area contributed by atoms with Gasteiger partial charge in [0.25, 0.3) is 0 Å². The van der Waals surface area contributed by atoms with Crippen molar-refractivity contribution in [3.63, 3.8) is 0 Å². The highest BCUT2D eigenvalue weighted by molar-refractivity contribution is 7.89. The molecule has 0 aliphatic carbocycles. The lowest BCUT2D eigenvalue weighted by atomic mass is 9.95. The van der Waals surface area contributed by atoms with E-state index in [0.29, 0.717) is 18.8 Å². The van der Waals surface area contributed by atoms with E-state index < -0.39 is 15.8 Å². The molecule has 176 valence electrons. The molecule has 1 amide bonds. The third-order valence-corrected chi connectivity index (χ3v) is 7.97. The Morgan fingerprint density at radius 2 is 1.82 bits per heavy atom. The van der Waals surface area contributed by atoms with E-state index in [0.717, 1.165) is 29.3 Å². The van der Waals surface area contributed by atoms with Crippen LogP contribution in [0.4, 0.5) is 4.39 Å². The Morgan fingerprint density at radius 1 is 1.15 bits per heavy atom. The topological polar surface area (TPSA) is 95.2 Å². The molecule has 2 N–H and O–H groups in total. The number of H-pyrrole nitrogens is 1. The van der Waals surface area contributed by atoms with Gasteiger partial charge in [0, 0.05) is 19.0 Å². The summed E-state index contributed by atoms with van der Waals surface area (Å²) in [6, 6.07) is 12.8. The van der Waals surface area contributed by atoms with Crippen molar-refractivity contribution in [2.24, 2.45) is 11.8 Å². The number of halogens is 1. The van der Waals surface area contributed by atoms with Crippen molar-refractivity contribution in [1.82, 2.24) is 19.6 Å². The SMILES string of the molecule is CC(C)C[C@@H](NC(=O)C1CCN(S(=O)(=O)c2ccccc2F)CC1)c1nc2ccccc2[nH]1. The van der Waals surface area contributed by atoms with Gasteiger partial charge in [0.05, 0.1) is 17.1 Å². The van der Waals surface area contributed by atoms with E-state index in [2.05, 4.69) is 29.1 Å². The van der Waals surface area contributed by atoms with E-state index in [1.165, 1.54) is 22.5 Å². The van der Waals surface area contributed by atoms with Crippen molar-refractivity contribution in [2.45, 2.75) is 44.0 Å². The summed E-state index contributed by atoms with van der Waals surface area (Å²) in [7, 11) is -3.93. The smallest absolute Gasteiger partial charge is 0.245 e. The molecule has 3 aromatic rings. The Balaban J connectivity index is 1.43. The molecule has 9 heteroatoms. The van der Waals surface area contributed by atoms with Gasteiger partial charge in [0.15, 0.2) is 0 Å². The molecule has 0 saturated carbocycles. The fraction of sp³-hybridized carbons (Fsp3) is 0.417. The number of piperidine rings is 1. The van der Waals surface area contributed by atoms with Crippen molar-refractivity contribution in [3.05, 3.63) is 60.2 Å². The first-order chi connectivity index (χ1) is 15.8. The number of nitrogens with one attached hydrogen (secondary N) is 2. The van der Waals surface area contributed by atoms with Crippen LogP contribution in [0.3, 0.4) is 0 Å². The number of fused-ring (bicyclic) bond motifs is 1. The van der Waals surface area contributed by atoms with E-state index in [1.807, 2.05) is 24.3 Å². The summed E-state index contributed by atoms with van der Waals surface area (Å²) in [6.45, 7) is 4.53. The Bertz CT molecular complexity index is 1200. The van der Waals surface area contributed by atoms with Gasteiger partial charge < -0.3 is 10.3 Å². The molecular weight excluding hydrogens is 443 g/mol. The second-order valence-electron chi connectivity index (χ2n) is 8.94. The third kappa shape index (κ3) is 5.09. The molecule has 2 heterocycles. The molecule has 1 aliphatic rings. The predicted molar refractivity (Wildman–Crippen MR) is 124 cm³/mol. The van der Waals surface area contributed by atoms with Crippen LogP contribution in [0.25, 0.3) is 11.0 Å². The Labute approximate surface area is 193 Å². The van der Waals surface area contributed by atoms with Crippen LogP contribution in [0.15, 0.2) is 53.4 Å². The standard InChI is InChI=1S/C24H29FN4O3S/c1-16(2)15-21(23-26-19-8-4-5-9-20(19)27-23)28-24(30)17-11-13-29(14-12-17)33(31,32)22-10-6-3-7-18(22)25/h3-10,16-17,21H,11-15H2,1-2H3,(H,26,27)(H,28,30)/t21-/m1/s1. The Kier molecular flexibility index (Phi) is 6.81. The maximum Gasteiger partial charge on any atom is 0.245 e.